The molecule has 0 aromatic heterocycles. The van der Waals surface area contributed by atoms with Gasteiger partial charge in [0.15, 0.2) is 0 Å². The number of aryl methyl sites for hydroxylation is 1. The van der Waals surface area contributed by atoms with Crippen LogP contribution in [0.1, 0.15) is 22.8 Å². The predicted octanol–water partition coefficient (Wildman–Crippen LogP) is 3.84. The summed E-state index contributed by atoms with van der Waals surface area (Å²) >= 11 is 0. The highest BCUT2D eigenvalue weighted by Crippen LogP contribution is 2.25. The Balaban J connectivity index is 2.31. The molecule has 0 aliphatic heterocycles. The van der Waals surface area contributed by atoms with Crippen LogP contribution in [0.4, 0.5) is 11.4 Å². The number of carboxylic acid groups (broad SMARTS) is 1. The van der Waals surface area contributed by atoms with Crippen molar-refractivity contribution in [3.63, 3.8) is 0 Å². The molecular weight excluding hydrogens is 254 g/mol. The first kappa shape index (κ1) is 13.9. The summed E-state index contributed by atoms with van der Waals surface area (Å²) in [6.07, 6.45) is 0. The van der Waals surface area contributed by atoms with Gasteiger partial charge in [0.1, 0.15) is 5.75 Å². The Hall–Kier alpha value is -2.49. The Labute approximate surface area is 118 Å². The first-order chi connectivity index (χ1) is 9.60. The van der Waals surface area contributed by atoms with Crippen molar-refractivity contribution >= 4 is 17.3 Å². The molecule has 104 valence electrons. The van der Waals surface area contributed by atoms with E-state index in [2.05, 4.69) is 5.32 Å². The Morgan fingerprint density at radius 2 is 2.05 bits per heavy atom. The van der Waals surface area contributed by atoms with E-state index in [0.717, 1.165) is 17.0 Å². The lowest BCUT2D eigenvalue weighted by Crippen LogP contribution is -2.03. The number of hydrogen-bond acceptors (Lipinski definition) is 3. The number of rotatable bonds is 5. The van der Waals surface area contributed by atoms with Gasteiger partial charge in [-0.3, -0.25) is 0 Å². The molecule has 0 heterocycles. The lowest BCUT2D eigenvalue weighted by Gasteiger charge is -2.12. The number of ether oxygens (including phenoxy) is 1. The van der Waals surface area contributed by atoms with Gasteiger partial charge >= 0.3 is 5.97 Å². The van der Waals surface area contributed by atoms with E-state index in [0.29, 0.717) is 12.3 Å². The van der Waals surface area contributed by atoms with E-state index in [1.807, 2.05) is 44.2 Å². The largest absolute Gasteiger partial charge is 0.494 e. The summed E-state index contributed by atoms with van der Waals surface area (Å²) in [5.74, 6) is -0.199. The summed E-state index contributed by atoms with van der Waals surface area (Å²) in [6.45, 7) is 4.44. The third-order valence-corrected chi connectivity index (χ3v) is 2.83. The maximum Gasteiger partial charge on any atom is 0.337 e. The lowest BCUT2D eigenvalue weighted by molar-refractivity contribution is 0.0698. The monoisotopic (exact) mass is 271 g/mol. The van der Waals surface area contributed by atoms with Crippen LogP contribution in [-0.2, 0) is 0 Å². The van der Waals surface area contributed by atoms with Crippen LogP contribution in [0.15, 0.2) is 42.5 Å². The predicted molar refractivity (Wildman–Crippen MR) is 79.0 cm³/mol. The molecule has 0 fully saturated rings. The van der Waals surface area contributed by atoms with Crippen molar-refractivity contribution < 1.29 is 14.6 Å². The van der Waals surface area contributed by atoms with Gasteiger partial charge < -0.3 is 15.2 Å². The molecule has 2 aromatic carbocycles. The van der Waals surface area contributed by atoms with Gasteiger partial charge in [-0.15, -0.1) is 0 Å². The first-order valence-electron chi connectivity index (χ1n) is 6.44. The van der Waals surface area contributed by atoms with E-state index >= 15 is 0 Å². The van der Waals surface area contributed by atoms with E-state index in [4.69, 9.17) is 4.74 Å². The third kappa shape index (κ3) is 3.29. The molecule has 0 saturated carbocycles. The van der Waals surface area contributed by atoms with E-state index in [9.17, 15) is 9.90 Å². The van der Waals surface area contributed by atoms with E-state index in [1.165, 1.54) is 0 Å². The van der Waals surface area contributed by atoms with Crippen molar-refractivity contribution in [3.05, 3.63) is 53.6 Å². The molecule has 2 aromatic rings. The van der Waals surface area contributed by atoms with Gasteiger partial charge in [-0.25, -0.2) is 4.79 Å². The minimum atomic E-state index is -0.950. The zero-order chi connectivity index (χ0) is 14.5. The average Bonchev–Trinajstić information content (AvgIpc) is 2.39. The van der Waals surface area contributed by atoms with Gasteiger partial charge in [0.25, 0.3) is 0 Å². The summed E-state index contributed by atoms with van der Waals surface area (Å²) in [4.78, 5) is 11.2. The van der Waals surface area contributed by atoms with Crippen molar-refractivity contribution in [2.45, 2.75) is 13.8 Å². The Morgan fingerprint density at radius 3 is 2.75 bits per heavy atom. The quantitative estimate of drug-likeness (QED) is 0.867. The number of aromatic carboxylic acids is 1. The molecule has 0 saturated heterocycles. The number of hydrogen-bond donors (Lipinski definition) is 2. The second-order valence-corrected chi connectivity index (χ2v) is 4.44. The zero-order valence-electron chi connectivity index (χ0n) is 11.5. The molecule has 0 amide bonds. The minimum absolute atomic E-state index is 0.248. The number of anilines is 2. The lowest BCUT2D eigenvalue weighted by atomic mass is 10.1. The maximum atomic E-state index is 11.2. The summed E-state index contributed by atoms with van der Waals surface area (Å²) in [6, 6.07) is 12.6. The van der Waals surface area contributed by atoms with Crippen molar-refractivity contribution in [1.82, 2.24) is 0 Å². The average molecular weight is 271 g/mol. The van der Waals surface area contributed by atoms with Gasteiger partial charge in [-0.2, -0.15) is 0 Å². The van der Waals surface area contributed by atoms with Crippen molar-refractivity contribution in [3.8, 4) is 5.75 Å². The van der Waals surface area contributed by atoms with Gasteiger partial charge in [-0.1, -0.05) is 12.1 Å². The van der Waals surface area contributed by atoms with Crippen LogP contribution in [0.2, 0.25) is 0 Å². The molecule has 20 heavy (non-hydrogen) atoms. The summed E-state index contributed by atoms with van der Waals surface area (Å²) in [5.41, 5.74) is 2.62. The van der Waals surface area contributed by atoms with Crippen molar-refractivity contribution in [1.29, 1.82) is 0 Å². The first-order valence-corrected chi connectivity index (χ1v) is 6.44. The molecule has 2 N–H and O–H groups in total. The van der Waals surface area contributed by atoms with Crippen LogP contribution in [0, 0.1) is 6.92 Å². The Morgan fingerprint density at radius 1 is 1.25 bits per heavy atom. The molecule has 0 spiro atoms. The second kappa shape index (κ2) is 6.10. The van der Waals surface area contributed by atoms with Crippen LogP contribution < -0.4 is 10.1 Å². The van der Waals surface area contributed by atoms with Gasteiger partial charge in [0, 0.05) is 11.8 Å². The summed E-state index contributed by atoms with van der Waals surface area (Å²) in [7, 11) is 0. The number of carbonyl (C=O) groups is 1. The maximum absolute atomic E-state index is 11.2. The van der Waals surface area contributed by atoms with Crippen LogP contribution in [0.25, 0.3) is 0 Å². The smallest absolute Gasteiger partial charge is 0.337 e. The molecule has 0 bridgehead atoms. The van der Waals surface area contributed by atoms with Gasteiger partial charge in [0.05, 0.1) is 17.9 Å². The van der Waals surface area contributed by atoms with Crippen molar-refractivity contribution in [2.24, 2.45) is 0 Å². The Kier molecular flexibility index (Phi) is 4.25. The normalized spacial score (nSPS) is 10.1. The highest BCUT2D eigenvalue weighted by molar-refractivity contribution is 5.95. The SMILES string of the molecule is CCOc1cccc(Nc2cc(C)ccc2C(=O)O)c1. The van der Waals surface area contributed by atoms with Crippen LogP contribution >= 0.6 is 0 Å². The van der Waals surface area contributed by atoms with Crippen molar-refractivity contribution in [2.75, 3.05) is 11.9 Å². The van der Waals surface area contributed by atoms with E-state index in [1.54, 1.807) is 12.1 Å². The minimum Gasteiger partial charge on any atom is -0.494 e. The van der Waals surface area contributed by atoms with E-state index in [-0.39, 0.29) is 5.56 Å². The van der Waals surface area contributed by atoms with Crippen LogP contribution in [0.5, 0.6) is 5.75 Å². The molecule has 0 atom stereocenters. The summed E-state index contributed by atoms with van der Waals surface area (Å²) in [5, 5.41) is 12.3. The molecule has 0 unspecified atom stereocenters. The number of benzene rings is 2. The third-order valence-electron chi connectivity index (χ3n) is 2.83. The second-order valence-electron chi connectivity index (χ2n) is 4.44. The summed E-state index contributed by atoms with van der Waals surface area (Å²) < 4.78 is 5.43. The Bertz CT molecular complexity index is 623. The highest BCUT2D eigenvalue weighted by atomic mass is 16.5. The molecule has 4 nitrogen and oxygen atoms in total. The van der Waals surface area contributed by atoms with Gasteiger partial charge in [-0.05, 0) is 43.7 Å². The molecule has 4 heteroatoms. The van der Waals surface area contributed by atoms with Gasteiger partial charge in [0.2, 0.25) is 0 Å². The highest BCUT2D eigenvalue weighted by Gasteiger charge is 2.10. The molecular formula is C16H17NO3. The fraction of sp³-hybridized carbons (Fsp3) is 0.188. The number of carboxylic acids is 1. The fourth-order valence-electron chi connectivity index (χ4n) is 1.93. The molecule has 0 aliphatic rings. The zero-order valence-corrected chi connectivity index (χ0v) is 11.5. The fourth-order valence-corrected chi connectivity index (χ4v) is 1.93. The number of nitrogens with one attached hydrogen (secondary N) is 1. The van der Waals surface area contributed by atoms with Crippen LogP contribution in [0.3, 0.4) is 0 Å². The standard InChI is InChI=1S/C16H17NO3/c1-3-20-13-6-4-5-12(10-13)17-15-9-11(2)7-8-14(15)16(18)19/h4-10,17H,3H2,1-2H3,(H,18,19). The molecule has 0 radical (unpaired) electrons. The molecule has 2 rings (SSSR count). The van der Waals surface area contributed by atoms with E-state index < -0.39 is 5.97 Å². The molecule has 0 aliphatic carbocycles. The topological polar surface area (TPSA) is 58.6 Å². The van der Waals surface area contributed by atoms with Crippen LogP contribution in [-0.4, -0.2) is 17.7 Å².